The first-order chi connectivity index (χ1) is 8.74. The zero-order chi connectivity index (χ0) is 13.0. The zero-order valence-electron chi connectivity index (χ0n) is 10.6. The van der Waals surface area contributed by atoms with Crippen LogP contribution in [0.5, 0.6) is 0 Å². The van der Waals surface area contributed by atoms with Crippen LogP contribution in [0.1, 0.15) is 35.4 Å². The van der Waals surface area contributed by atoms with Crippen LogP contribution in [0, 0.1) is 6.92 Å². The third-order valence-corrected chi connectivity index (χ3v) is 4.32. The molecule has 0 aliphatic heterocycles. The molecule has 0 saturated carbocycles. The van der Waals surface area contributed by atoms with Gasteiger partial charge in [0.05, 0.1) is 11.1 Å². The van der Waals surface area contributed by atoms with Crippen LogP contribution in [0.15, 0.2) is 29.9 Å². The van der Waals surface area contributed by atoms with Crippen LogP contribution in [0.4, 0.5) is 0 Å². The number of nitrogens with one attached hydrogen (secondary N) is 1. The summed E-state index contributed by atoms with van der Waals surface area (Å²) in [5, 5.41) is 6.42. The van der Waals surface area contributed by atoms with Crippen molar-refractivity contribution >= 4 is 22.9 Å². The van der Waals surface area contributed by atoms with Gasteiger partial charge in [0.25, 0.3) is 0 Å². The number of nitrogens with zero attached hydrogens (tertiary/aromatic N) is 1. The summed E-state index contributed by atoms with van der Waals surface area (Å²) >= 11 is 7.96. The highest BCUT2D eigenvalue weighted by atomic mass is 35.5. The molecule has 0 amide bonds. The van der Waals surface area contributed by atoms with Crippen LogP contribution in [0.2, 0.25) is 5.02 Å². The number of aromatic nitrogens is 1. The third-order valence-electron chi connectivity index (χ3n) is 2.90. The van der Waals surface area contributed by atoms with Crippen LogP contribution >= 0.6 is 22.9 Å². The highest BCUT2D eigenvalue weighted by Crippen LogP contribution is 2.33. The van der Waals surface area contributed by atoms with Crippen LogP contribution in [0.25, 0.3) is 0 Å². The first-order valence-corrected chi connectivity index (χ1v) is 7.36. The monoisotopic (exact) mass is 280 g/mol. The number of hydrogen-bond donors (Lipinski definition) is 1. The molecule has 2 aromatic heterocycles. The van der Waals surface area contributed by atoms with E-state index in [-0.39, 0.29) is 6.04 Å². The number of halogens is 1. The van der Waals surface area contributed by atoms with Gasteiger partial charge < -0.3 is 5.32 Å². The molecular weight excluding hydrogens is 264 g/mol. The van der Waals surface area contributed by atoms with Crippen LogP contribution in [0.3, 0.4) is 0 Å². The Morgan fingerprint density at radius 1 is 1.44 bits per heavy atom. The normalized spacial score (nSPS) is 12.6. The SMILES string of the molecule is CCCNC(c1cnccc1C)c1sccc1Cl. The molecule has 96 valence electrons. The lowest BCUT2D eigenvalue weighted by Gasteiger charge is -2.19. The Labute approximate surface area is 117 Å². The lowest BCUT2D eigenvalue weighted by Crippen LogP contribution is -2.23. The minimum Gasteiger partial charge on any atom is -0.305 e. The Balaban J connectivity index is 2.37. The van der Waals surface area contributed by atoms with Gasteiger partial charge >= 0.3 is 0 Å². The summed E-state index contributed by atoms with van der Waals surface area (Å²) in [6.45, 7) is 5.24. The molecule has 18 heavy (non-hydrogen) atoms. The van der Waals surface area contributed by atoms with E-state index in [0.717, 1.165) is 18.0 Å². The fourth-order valence-corrected chi connectivity index (χ4v) is 3.18. The van der Waals surface area contributed by atoms with E-state index in [1.807, 2.05) is 29.9 Å². The van der Waals surface area contributed by atoms with Crippen molar-refractivity contribution in [2.45, 2.75) is 26.3 Å². The van der Waals surface area contributed by atoms with E-state index in [2.05, 4.69) is 24.1 Å². The van der Waals surface area contributed by atoms with Crippen molar-refractivity contribution in [2.75, 3.05) is 6.54 Å². The first kappa shape index (κ1) is 13.5. The smallest absolute Gasteiger partial charge is 0.0703 e. The van der Waals surface area contributed by atoms with Gasteiger partial charge in [-0.15, -0.1) is 11.3 Å². The Bertz CT molecular complexity index is 510. The van der Waals surface area contributed by atoms with Gasteiger partial charge in [-0.25, -0.2) is 0 Å². The minimum atomic E-state index is 0.145. The number of aryl methyl sites for hydroxylation is 1. The lowest BCUT2D eigenvalue weighted by atomic mass is 10.0. The highest BCUT2D eigenvalue weighted by molar-refractivity contribution is 7.10. The summed E-state index contributed by atoms with van der Waals surface area (Å²) < 4.78 is 0. The Hall–Kier alpha value is -0.900. The Morgan fingerprint density at radius 3 is 2.89 bits per heavy atom. The third kappa shape index (κ3) is 2.91. The van der Waals surface area contributed by atoms with Gasteiger partial charge in [0.1, 0.15) is 0 Å². The number of hydrogen-bond acceptors (Lipinski definition) is 3. The molecule has 0 saturated heterocycles. The van der Waals surface area contributed by atoms with Gasteiger partial charge in [0, 0.05) is 17.3 Å². The second-order valence-electron chi connectivity index (χ2n) is 4.25. The van der Waals surface area contributed by atoms with Gasteiger partial charge in [-0.2, -0.15) is 0 Å². The lowest BCUT2D eigenvalue weighted by molar-refractivity contribution is 0.602. The molecule has 2 heterocycles. The minimum absolute atomic E-state index is 0.145. The molecule has 2 aromatic rings. The molecule has 0 radical (unpaired) electrons. The van der Waals surface area contributed by atoms with Gasteiger partial charge in [-0.05, 0) is 48.5 Å². The summed E-state index contributed by atoms with van der Waals surface area (Å²) in [6, 6.07) is 4.14. The average molecular weight is 281 g/mol. The fourth-order valence-electron chi connectivity index (χ4n) is 1.92. The Morgan fingerprint density at radius 2 is 2.28 bits per heavy atom. The van der Waals surface area contributed by atoms with Crippen molar-refractivity contribution in [1.82, 2.24) is 10.3 Å². The first-order valence-electron chi connectivity index (χ1n) is 6.10. The fraction of sp³-hybridized carbons (Fsp3) is 0.357. The maximum atomic E-state index is 6.27. The standard InChI is InChI=1S/C14H17ClN2S/c1-3-6-17-13(14-12(15)5-8-18-14)11-9-16-7-4-10(11)2/h4-5,7-9,13,17H,3,6H2,1-2H3. The second kappa shape index (κ2) is 6.32. The van der Waals surface area contributed by atoms with Crippen LogP contribution in [-0.4, -0.2) is 11.5 Å². The molecule has 0 aliphatic rings. The van der Waals surface area contributed by atoms with Crippen molar-refractivity contribution in [2.24, 2.45) is 0 Å². The van der Waals surface area contributed by atoms with Gasteiger partial charge in [-0.3, -0.25) is 4.98 Å². The topological polar surface area (TPSA) is 24.9 Å². The molecule has 0 spiro atoms. The molecule has 1 N–H and O–H groups in total. The van der Waals surface area contributed by atoms with E-state index in [1.54, 1.807) is 11.3 Å². The summed E-state index contributed by atoms with van der Waals surface area (Å²) in [6.07, 6.45) is 4.85. The van der Waals surface area contributed by atoms with Crippen molar-refractivity contribution in [1.29, 1.82) is 0 Å². The molecule has 1 atom stereocenters. The molecule has 2 nitrogen and oxygen atoms in total. The second-order valence-corrected chi connectivity index (χ2v) is 5.61. The summed E-state index contributed by atoms with van der Waals surface area (Å²) in [4.78, 5) is 5.40. The number of rotatable bonds is 5. The van der Waals surface area contributed by atoms with Gasteiger partial charge in [0.2, 0.25) is 0 Å². The van der Waals surface area contributed by atoms with Crippen molar-refractivity contribution in [3.8, 4) is 0 Å². The number of pyridine rings is 1. The predicted molar refractivity (Wildman–Crippen MR) is 78.4 cm³/mol. The predicted octanol–water partition coefficient (Wildman–Crippen LogP) is 4.19. The van der Waals surface area contributed by atoms with Gasteiger partial charge in [0.15, 0.2) is 0 Å². The number of thiophene rings is 1. The van der Waals surface area contributed by atoms with E-state index in [1.165, 1.54) is 16.0 Å². The van der Waals surface area contributed by atoms with E-state index in [9.17, 15) is 0 Å². The molecule has 0 aliphatic carbocycles. The average Bonchev–Trinajstić information content (AvgIpc) is 2.78. The molecule has 0 fully saturated rings. The maximum Gasteiger partial charge on any atom is 0.0703 e. The van der Waals surface area contributed by atoms with Crippen molar-refractivity contribution < 1.29 is 0 Å². The largest absolute Gasteiger partial charge is 0.305 e. The van der Waals surface area contributed by atoms with E-state index in [4.69, 9.17) is 11.6 Å². The van der Waals surface area contributed by atoms with E-state index in [0.29, 0.717) is 0 Å². The Kier molecular flexibility index (Phi) is 4.75. The summed E-state index contributed by atoms with van der Waals surface area (Å²) in [7, 11) is 0. The molecule has 1 unspecified atom stereocenters. The van der Waals surface area contributed by atoms with Crippen molar-refractivity contribution in [3.05, 3.63) is 50.9 Å². The molecular formula is C14H17ClN2S. The van der Waals surface area contributed by atoms with Gasteiger partial charge in [-0.1, -0.05) is 18.5 Å². The quantitative estimate of drug-likeness (QED) is 0.888. The van der Waals surface area contributed by atoms with Crippen LogP contribution in [-0.2, 0) is 0 Å². The van der Waals surface area contributed by atoms with Crippen molar-refractivity contribution in [3.63, 3.8) is 0 Å². The molecule has 4 heteroatoms. The zero-order valence-corrected chi connectivity index (χ0v) is 12.2. The summed E-state index contributed by atoms with van der Waals surface area (Å²) in [5.41, 5.74) is 2.44. The van der Waals surface area contributed by atoms with E-state index >= 15 is 0 Å². The highest BCUT2D eigenvalue weighted by Gasteiger charge is 2.19. The van der Waals surface area contributed by atoms with E-state index < -0.39 is 0 Å². The molecule has 2 rings (SSSR count). The summed E-state index contributed by atoms with van der Waals surface area (Å²) in [5.74, 6) is 0. The maximum absolute atomic E-state index is 6.27. The molecule has 0 bridgehead atoms. The molecule has 0 aromatic carbocycles. The van der Waals surface area contributed by atoms with Crippen LogP contribution < -0.4 is 5.32 Å².